The van der Waals surface area contributed by atoms with Crippen LogP contribution in [0.3, 0.4) is 0 Å². The van der Waals surface area contributed by atoms with Crippen molar-refractivity contribution < 1.29 is 4.42 Å². The lowest BCUT2D eigenvalue weighted by molar-refractivity contribution is 0.632. The second-order valence-corrected chi connectivity index (χ2v) is 15.6. The normalized spacial score (nSPS) is 11.7. The summed E-state index contributed by atoms with van der Waals surface area (Å²) >= 11 is 0. The molecule has 274 valence electrons. The maximum Gasteiger partial charge on any atom is 0.143 e. The van der Waals surface area contributed by atoms with Crippen molar-refractivity contribution in [2.24, 2.45) is 0 Å². The fourth-order valence-corrected chi connectivity index (χ4v) is 9.44. The molecule has 0 aliphatic rings. The highest BCUT2D eigenvalue weighted by Crippen LogP contribution is 2.45. The minimum absolute atomic E-state index is 0.886. The van der Waals surface area contributed by atoms with E-state index in [1.54, 1.807) is 0 Å². The molecule has 1 heterocycles. The molecule has 1 aromatic heterocycles. The zero-order chi connectivity index (χ0) is 38.9. The van der Waals surface area contributed by atoms with Crippen molar-refractivity contribution in [3.05, 3.63) is 218 Å². The Kier molecular flexibility index (Phi) is 7.61. The van der Waals surface area contributed by atoms with Gasteiger partial charge in [0.2, 0.25) is 0 Å². The Morgan fingerprint density at radius 2 is 0.780 bits per heavy atom. The highest BCUT2D eigenvalue weighted by Gasteiger charge is 2.19. The first-order valence-electron chi connectivity index (χ1n) is 20.3. The van der Waals surface area contributed by atoms with Crippen molar-refractivity contribution in [1.29, 1.82) is 0 Å². The molecule has 0 aliphatic carbocycles. The van der Waals surface area contributed by atoms with Crippen LogP contribution in [0.4, 0.5) is 0 Å². The van der Waals surface area contributed by atoms with Gasteiger partial charge in [0.15, 0.2) is 0 Å². The Bertz CT molecular complexity index is 3510. The molecule has 0 aliphatic heterocycles. The van der Waals surface area contributed by atoms with Gasteiger partial charge in [-0.25, -0.2) is 0 Å². The lowest BCUT2D eigenvalue weighted by Crippen LogP contribution is -1.90. The predicted molar refractivity (Wildman–Crippen MR) is 250 cm³/mol. The van der Waals surface area contributed by atoms with Crippen LogP contribution in [0, 0.1) is 0 Å². The first-order chi connectivity index (χ1) is 29.2. The van der Waals surface area contributed by atoms with Crippen LogP contribution in [0.1, 0.15) is 0 Å². The second kappa shape index (κ2) is 13.4. The molecule has 0 saturated carbocycles. The maximum atomic E-state index is 6.57. The summed E-state index contributed by atoms with van der Waals surface area (Å²) in [6, 6.07) is 79.4. The van der Waals surface area contributed by atoms with Gasteiger partial charge in [0.1, 0.15) is 11.3 Å². The number of benzene rings is 11. The minimum atomic E-state index is 0.886. The SMILES string of the molecule is c1ccc(-c2oc3ccc(-c4ccc(-c5ccc6ccc7c(-c8cccc(-c9cccc%10ccccc9%10)c8)ccc8ccc5c6c87)cc4)cc3c2-c2ccccc2)cc1. The van der Waals surface area contributed by atoms with Gasteiger partial charge in [-0.1, -0.05) is 200 Å². The van der Waals surface area contributed by atoms with E-state index in [2.05, 4.69) is 212 Å². The summed E-state index contributed by atoms with van der Waals surface area (Å²) in [5, 5.41) is 11.4. The van der Waals surface area contributed by atoms with Crippen molar-refractivity contribution in [3.8, 4) is 67.0 Å². The summed E-state index contributed by atoms with van der Waals surface area (Å²) in [6.45, 7) is 0. The van der Waals surface area contributed by atoms with Gasteiger partial charge in [0.25, 0.3) is 0 Å². The molecule has 0 radical (unpaired) electrons. The van der Waals surface area contributed by atoms with Gasteiger partial charge >= 0.3 is 0 Å². The lowest BCUT2D eigenvalue weighted by atomic mass is 9.86. The molecule has 11 aromatic carbocycles. The predicted octanol–water partition coefficient (Wildman–Crippen LogP) is 16.5. The average molecular weight is 749 g/mol. The summed E-state index contributed by atoms with van der Waals surface area (Å²) in [7, 11) is 0. The van der Waals surface area contributed by atoms with Gasteiger partial charge in [-0.3, -0.25) is 0 Å². The Morgan fingerprint density at radius 3 is 1.49 bits per heavy atom. The van der Waals surface area contributed by atoms with Crippen LogP contribution < -0.4 is 0 Å². The van der Waals surface area contributed by atoms with Crippen molar-refractivity contribution in [1.82, 2.24) is 0 Å². The summed E-state index contributed by atoms with van der Waals surface area (Å²) in [6.07, 6.45) is 0. The number of hydrogen-bond acceptors (Lipinski definition) is 1. The standard InChI is InChI=1S/C58H36O/c1-3-12-40(13-4-1)57-53-36-44(29-34-54(53)59-58(57)43-14-5-2-6-15-43)37-21-23-39(24-22-37)49-30-25-41-28-33-52-50(31-26-42-27-32-51(49)55(41)56(42)52)46-18-9-17-45(35-46)48-20-10-16-38-11-7-8-19-47(38)48/h1-36H. The molecule has 0 amide bonds. The fourth-order valence-electron chi connectivity index (χ4n) is 9.44. The van der Waals surface area contributed by atoms with Crippen LogP contribution in [0.25, 0.3) is 121 Å². The summed E-state index contributed by atoms with van der Waals surface area (Å²) in [5.41, 5.74) is 14.0. The zero-order valence-electron chi connectivity index (χ0n) is 32.2. The largest absolute Gasteiger partial charge is 0.455 e. The summed E-state index contributed by atoms with van der Waals surface area (Å²) in [4.78, 5) is 0. The Labute approximate surface area is 342 Å². The maximum absolute atomic E-state index is 6.57. The van der Waals surface area contributed by atoms with Crippen LogP contribution in [0.2, 0.25) is 0 Å². The third-order valence-electron chi connectivity index (χ3n) is 12.3. The van der Waals surface area contributed by atoms with Gasteiger partial charge < -0.3 is 4.42 Å². The molecule has 0 N–H and O–H groups in total. The molecule has 0 unspecified atom stereocenters. The topological polar surface area (TPSA) is 13.1 Å². The molecule has 0 bridgehead atoms. The van der Waals surface area contributed by atoms with Crippen molar-refractivity contribution in [3.63, 3.8) is 0 Å². The van der Waals surface area contributed by atoms with E-state index >= 15 is 0 Å². The summed E-state index contributed by atoms with van der Waals surface area (Å²) < 4.78 is 6.57. The summed E-state index contributed by atoms with van der Waals surface area (Å²) in [5.74, 6) is 0.898. The molecule has 0 saturated heterocycles. The van der Waals surface area contributed by atoms with E-state index in [0.717, 1.165) is 39.0 Å². The van der Waals surface area contributed by atoms with E-state index in [1.165, 1.54) is 82.0 Å². The monoisotopic (exact) mass is 748 g/mol. The third-order valence-corrected chi connectivity index (χ3v) is 12.3. The highest BCUT2D eigenvalue weighted by molar-refractivity contribution is 6.27. The molecular weight excluding hydrogens is 713 g/mol. The van der Waals surface area contributed by atoms with E-state index in [4.69, 9.17) is 4.42 Å². The number of furan rings is 1. The van der Waals surface area contributed by atoms with Crippen LogP contribution in [0.5, 0.6) is 0 Å². The Hall–Kier alpha value is -7.74. The van der Waals surface area contributed by atoms with Crippen molar-refractivity contribution in [2.45, 2.75) is 0 Å². The van der Waals surface area contributed by atoms with E-state index < -0.39 is 0 Å². The van der Waals surface area contributed by atoms with Crippen LogP contribution >= 0.6 is 0 Å². The van der Waals surface area contributed by atoms with E-state index in [-0.39, 0.29) is 0 Å². The highest BCUT2D eigenvalue weighted by atomic mass is 16.3. The first kappa shape index (κ1) is 33.4. The molecule has 1 nitrogen and oxygen atoms in total. The van der Waals surface area contributed by atoms with E-state index in [9.17, 15) is 0 Å². The van der Waals surface area contributed by atoms with Crippen LogP contribution in [0.15, 0.2) is 223 Å². The molecule has 0 fully saturated rings. The van der Waals surface area contributed by atoms with Gasteiger partial charge in [-0.2, -0.15) is 0 Å². The van der Waals surface area contributed by atoms with Crippen LogP contribution in [-0.2, 0) is 0 Å². The fraction of sp³-hybridized carbons (Fsp3) is 0. The Balaban J connectivity index is 0.944. The van der Waals surface area contributed by atoms with Gasteiger partial charge in [-0.15, -0.1) is 0 Å². The molecule has 12 aromatic rings. The van der Waals surface area contributed by atoms with Crippen LogP contribution in [-0.4, -0.2) is 0 Å². The quantitative estimate of drug-likeness (QED) is 0.154. The van der Waals surface area contributed by atoms with Gasteiger partial charge in [0.05, 0.1) is 0 Å². The molecule has 12 rings (SSSR count). The molecule has 0 spiro atoms. The molecule has 1 heteroatoms. The van der Waals surface area contributed by atoms with Crippen molar-refractivity contribution in [2.75, 3.05) is 0 Å². The molecular formula is C58H36O. The lowest BCUT2D eigenvalue weighted by Gasteiger charge is -2.17. The molecule has 59 heavy (non-hydrogen) atoms. The zero-order valence-corrected chi connectivity index (χ0v) is 32.2. The second-order valence-electron chi connectivity index (χ2n) is 15.6. The smallest absolute Gasteiger partial charge is 0.143 e. The van der Waals surface area contributed by atoms with Crippen molar-refractivity contribution >= 4 is 54.1 Å². The number of rotatable bonds is 6. The Morgan fingerprint density at radius 1 is 0.254 bits per heavy atom. The number of hydrogen-bond donors (Lipinski definition) is 0. The third kappa shape index (κ3) is 5.47. The number of fused-ring (bicyclic) bond motifs is 2. The first-order valence-corrected chi connectivity index (χ1v) is 20.3. The molecule has 0 atom stereocenters. The van der Waals surface area contributed by atoms with E-state index in [1.807, 2.05) is 6.07 Å². The van der Waals surface area contributed by atoms with Gasteiger partial charge in [-0.05, 0) is 111 Å². The minimum Gasteiger partial charge on any atom is -0.455 e. The average Bonchev–Trinajstić information content (AvgIpc) is 3.70. The van der Waals surface area contributed by atoms with E-state index in [0.29, 0.717) is 0 Å². The van der Waals surface area contributed by atoms with Gasteiger partial charge in [0, 0.05) is 16.5 Å².